The van der Waals surface area contributed by atoms with E-state index in [-0.39, 0.29) is 11.6 Å². The van der Waals surface area contributed by atoms with Crippen molar-refractivity contribution in [2.75, 3.05) is 6.61 Å². The van der Waals surface area contributed by atoms with Crippen LogP contribution in [0.25, 0.3) is 0 Å². The lowest BCUT2D eigenvalue weighted by atomic mass is 9.73. The molecule has 0 aromatic carbocycles. The SMILES string of the molecule is CCOC1(C(N)Cc2ccncc2Cl)CCCC(C)C1. The largest absolute Gasteiger partial charge is 0.374 e. The van der Waals surface area contributed by atoms with Crippen LogP contribution in [0.4, 0.5) is 0 Å². The maximum atomic E-state index is 6.53. The van der Waals surface area contributed by atoms with Gasteiger partial charge in [0.25, 0.3) is 0 Å². The number of hydrogen-bond donors (Lipinski definition) is 1. The summed E-state index contributed by atoms with van der Waals surface area (Å²) in [6, 6.07) is 1.93. The third-order valence-electron chi connectivity index (χ3n) is 4.39. The van der Waals surface area contributed by atoms with Gasteiger partial charge in [-0.1, -0.05) is 31.4 Å². The lowest BCUT2D eigenvalue weighted by molar-refractivity contribution is -0.0925. The molecule has 0 saturated heterocycles. The fraction of sp³-hybridized carbons (Fsp3) is 0.688. The molecule has 3 unspecified atom stereocenters. The molecule has 1 aromatic rings. The van der Waals surface area contributed by atoms with Crippen LogP contribution in [0.1, 0.15) is 45.1 Å². The Hall–Kier alpha value is -0.640. The predicted octanol–water partition coefficient (Wildman–Crippen LogP) is 3.59. The number of ether oxygens (including phenoxy) is 1. The fourth-order valence-electron chi connectivity index (χ4n) is 3.40. The highest BCUT2D eigenvalue weighted by Crippen LogP contribution is 2.38. The summed E-state index contributed by atoms with van der Waals surface area (Å²) in [6.07, 6.45) is 8.76. The smallest absolute Gasteiger partial charge is 0.0838 e. The summed E-state index contributed by atoms with van der Waals surface area (Å²) in [6.45, 7) is 5.05. The first-order valence-corrected chi connectivity index (χ1v) is 7.93. The molecule has 1 aliphatic carbocycles. The van der Waals surface area contributed by atoms with Crippen LogP contribution in [0.2, 0.25) is 5.02 Å². The highest BCUT2D eigenvalue weighted by Gasteiger charge is 2.41. The molecule has 1 aromatic heterocycles. The second-order valence-corrected chi connectivity index (χ2v) is 6.38. The van der Waals surface area contributed by atoms with Crippen molar-refractivity contribution in [3.8, 4) is 0 Å². The maximum absolute atomic E-state index is 6.53. The van der Waals surface area contributed by atoms with Gasteiger partial charge < -0.3 is 10.5 Å². The minimum Gasteiger partial charge on any atom is -0.374 e. The van der Waals surface area contributed by atoms with E-state index in [0.29, 0.717) is 17.5 Å². The third-order valence-corrected chi connectivity index (χ3v) is 4.73. The Morgan fingerprint density at radius 1 is 1.60 bits per heavy atom. The van der Waals surface area contributed by atoms with Gasteiger partial charge >= 0.3 is 0 Å². The molecule has 3 atom stereocenters. The molecule has 0 aliphatic heterocycles. The minimum absolute atomic E-state index is 0.0231. The first kappa shape index (κ1) is 15.7. The number of rotatable bonds is 5. The van der Waals surface area contributed by atoms with Gasteiger partial charge in [0.15, 0.2) is 0 Å². The van der Waals surface area contributed by atoms with Crippen molar-refractivity contribution < 1.29 is 4.74 Å². The van der Waals surface area contributed by atoms with Crippen LogP contribution in [0.3, 0.4) is 0 Å². The zero-order valence-corrected chi connectivity index (χ0v) is 13.2. The molecule has 4 heteroatoms. The molecule has 2 N–H and O–H groups in total. The Labute approximate surface area is 126 Å². The molecule has 20 heavy (non-hydrogen) atoms. The van der Waals surface area contributed by atoms with Crippen molar-refractivity contribution in [2.24, 2.45) is 11.7 Å². The Kier molecular flexibility index (Phi) is 5.42. The lowest BCUT2D eigenvalue weighted by Gasteiger charge is -2.44. The molecule has 1 saturated carbocycles. The average Bonchev–Trinajstić information content (AvgIpc) is 2.41. The van der Waals surface area contributed by atoms with E-state index < -0.39 is 0 Å². The second-order valence-electron chi connectivity index (χ2n) is 5.98. The van der Waals surface area contributed by atoms with Gasteiger partial charge in [-0.15, -0.1) is 0 Å². The monoisotopic (exact) mass is 296 g/mol. The number of hydrogen-bond acceptors (Lipinski definition) is 3. The Bertz CT molecular complexity index is 436. The van der Waals surface area contributed by atoms with E-state index in [1.807, 2.05) is 13.0 Å². The highest BCUT2D eigenvalue weighted by atomic mass is 35.5. The molecule has 3 nitrogen and oxygen atoms in total. The molecular formula is C16H25ClN2O. The van der Waals surface area contributed by atoms with E-state index in [9.17, 15) is 0 Å². The molecule has 1 fully saturated rings. The van der Waals surface area contributed by atoms with Crippen molar-refractivity contribution in [1.29, 1.82) is 0 Å². The van der Waals surface area contributed by atoms with Crippen LogP contribution in [0.15, 0.2) is 18.5 Å². The minimum atomic E-state index is -0.195. The number of aromatic nitrogens is 1. The summed E-state index contributed by atoms with van der Waals surface area (Å²) in [5.41, 5.74) is 7.39. The first-order valence-electron chi connectivity index (χ1n) is 7.55. The van der Waals surface area contributed by atoms with Crippen LogP contribution >= 0.6 is 11.6 Å². The summed E-state index contributed by atoms with van der Waals surface area (Å²) in [5, 5.41) is 0.693. The molecule has 1 aliphatic rings. The van der Waals surface area contributed by atoms with E-state index in [4.69, 9.17) is 22.1 Å². The van der Waals surface area contributed by atoms with Gasteiger partial charge in [-0.3, -0.25) is 4.98 Å². The van der Waals surface area contributed by atoms with E-state index in [2.05, 4.69) is 11.9 Å². The van der Waals surface area contributed by atoms with Gasteiger partial charge in [0.2, 0.25) is 0 Å². The zero-order chi connectivity index (χ0) is 14.6. The maximum Gasteiger partial charge on any atom is 0.0838 e. The lowest BCUT2D eigenvalue weighted by Crippen LogP contribution is -2.53. The molecule has 0 bridgehead atoms. The van der Waals surface area contributed by atoms with Crippen LogP contribution in [0.5, 0.6) is 0 Å². The number of nitrogens with zero attached hydrogens (tertiary/aromatic N) is 1. The van der Waals surface area contributed by atoms with Gasteiger partial charge in [0, 0.05) is 25.0 Å². The van der Waals surface area contributed by atoms with Crippen LogP contribution in [-0.4, -0.2) is 23.2 Å². The topological polar surface area (TPSA) is 48.1 Å². The standard InChI is InChI=1S/C16H25ClN2O/c1-3-20-16(7-4-5-12(2)10-16)15(18)9-13-6-8-19-11-14(13)17/h6,8,11-12,15H,3-5,7,9-10,18H2,1-2H3. The van der Waals surface area contributed by atoms with Crippen molar-refractivity contribution in [3.05, 3.63) is 29.0 Å². The van der Waals surface area contributed by atoms with E-state index in [0.717, 1.165) is 24.8 Å². The summed E-state index contributed by atoms with van der Waals surface area (Å²) >= 11 is 6.20. The molecule has 0 amide bonds. The normalized spacial score (nSPS) is 28.3. The zero-order valence-electron chi connectivity index (χ0n) is 12.4. The summed E-state index contributed by atoms with van der Waals surface area (Å²) in [5.74, 6) is 0.675. The quantitative estimate of drug-likeness (QED) is 0.903. The van der Waals surface area contributed by atoms with Crippen LogP contribution in [0, 0.1) is 5.92 Å². The van der Waals surface area contributed by atoms with E-state index in [1.54, 1.807) is 12.4 Å². The van der Waals surface area contributed by atoms with E-state index in [1.165, 1.54) is 12.8 Å². The molecule has 0 spiro atoms. The Morgan fingerprint density at radius 3 is 3.05 bits per heavy atom. The molecule has 0 radical (unpaired) electrons. The van der Waals surface area contributed by atoms with Gasteiger partial charge in [0.1, 0.15) is 0 Å². The Morgan fingerprint density at radius 2 is 2.40 bits per heavy atom. The summed E-state index contributed by atoms with van der Waals surface area (Å²) in [7, 11) is 0. The summed E-state index contributed by atoms with van der Waals surface area (Å²) in [4.78, 5) is 4.03. The summed E-state index contributed by atoms with van der Waals surface area (Å²) < 4.78 is 6.13. The van der Waals surface area contributed by atoms with Gasteiger partial charge in [0.05, 0.1) is 10.6 Å². The second kappa shape index (κ2) is 6.88. The van der Waals surface area contributed by atoms with E-state index >= 15 is 0 Å². The molecule has 1 heterocycles. The number of nitrogens with two attached hydrogens (primary N) is 1. The molecule has 2 rings (SSSR count). The highest BCUT2D eigenvalue weighted by molar-refractivity contribution is 6.31. The van der Waals surface area contributed by atoms with Gasteiger partial charge in [-0.05, 0) is 43.7 Å². The number of pyridine rings is 1. The number of halogens is 1. The first-order chi connectivity index (χ1) is 9.57. The van der Waals surface area contributed by atoms with Gasteiger partial charge in [-0.2, -0.15) is 0 Å². The van der Waals surface area contributed by atoms with Gasteiger partial charge in [-0.25, -0.2) is 0 Å². The Balaban J connectivity index is 2.14. The van der Waals surface area contributed by atoms with Crippen LogP contribution < -0.4 is 5.73 Å². The molecular weight excluding hydrogens is 272 g/mol. The van der Waals surface area contributed by atoms with Crippen molar-refractivity contribution in [1.82, 2.24) is 4.98 Å². The van der Waals surface area contributed by atoms with Crippen molar-refractivity contribution >= 4 is 11.6 Å². The fourth-order valence-corrected chi connectivity index (χ4v) is 3.60. The van der Waals surface area contributed by atoms with Crippen LogP contribution in [-0.2, 0) is 11.2 Å². The van der Waals surface area contributed by atoms with Crippen molar-refractivity contribution in [2.45, 2.75) is 57.6 Å². The average molecular weight is 297 g/mol. The predicted molar refractivity (Wildman–Crippen MR) is 82.9 cm³/mol. The third kappa shape index (κ3) is 3.51. The van der Waals surface area contributed by atoms with Crippen molar-refractivity contribution in [3.63, 3.8) is 0 Å². The molecule has 112 valence electrons.